The third kappa shape index (κ3) is 15.1. The number of aliphatic hydroxyl groups is 1. The summed E-state index contributed by atoms with van der Waals surface area (Å²) in [6.45, 7) is 4.28. The number of carbonyl (C=O) groups is 5. The number of aryl methyl sites for hydroxylation is 1. The van der Waals surface area contributed by atoms with Gasteiger partial charge in [0, 0.05) is 48.1 Å². The lowest BCUT2D eigenvalue weighted by atomic mass is 9.72. The van der Waals surface area contributed by atoms with E-state index in [4.69, 9.17) is 18.8 Å². The zero-order chi connectivity index (χ0) is 56.3. The number of alkyl halides is 3. The lowest BCUT2D eigenvalue weighted by Crippen LogP contribution is -2.68. The van der Waals surface area contributed by atoms with Crippen molar-refractivity contribution in [3.05, 3.63) is 75.7 Å². The van der Waals surface area contributed by atoms with Crippen molar-refractivity contribution in [3.8, 4) is 17.6 Å². The van der Waals surface area contributed by atoms with E-state index in [1.165, 1.54) is 30.5 Å². The summed E-state index contributed by atoms with van der Waals surface area (Å²) >= 11 is 1.43. The lowest BCUT2D eigenvalue weighted by molar-refractivity contribution is -0.160. The number of nitriles is 1. The number of aromatic nitrogens is 1. The topological polar surface area (TPSA) is 249 Å². The number of hydrogen-bond acceptors (Lipinski definition) is 16. The monoisotopic (exact) mass is 1120 g/mol. The Kier molecular flexibility index (Phi) is 20.6. The van der Waals surface area contributed by atoms with Gasteiger partial charge in [-0.25, -0.2) is 0 Å². The molecule has 3 saturated carbocycles. The van der Waals surface area contributed by atoms with Gasteiger partial charge in [0.1, 0.15) is 17.2 Å². The van der Waals surface area contributed by atoms with Crippen molar-refractivity contribution in [3.63, 3.8) is 0 Å². The minimum absolute atomic E-state index is 0.0556. The molecule has 77 heavy (non-hydrogen) atoms. The summed E-state index contributed by atoms with van der Waals surface area (Å²) in [7, 11) is -0.707. The van der Waals surface area contributed by atoms with E-state index in [0.717, 1.165) is 42.3 Å². The average molecular weight is 1120 g/mol. The Bertz CT molecular complexity index is 2710. The predicted octanol–water partition coefficient (Wildman–Crippen LogP) is 8.03. The van der Waals surface area contributed by atoms with Gasteiger partial charge in [0.15, 0.2) is 0 Å². The van der Waals surface area contributed by atoms with Gasteiger partial charge in [0.2, 0.25) is 5.60 Å². The molecule has 0 radical (unpaired) electrons. The molecule has 8 rings (SSSR count). The van der Waals surface area contributed by atoms with Crippen molar-refractivity contribution in [2.45, 2.75) is 152 Å². The van der Waals surface area contributed by atoms with Crippen LogP contribution in [0.25, 0.3) is 0 Å². The van der Waals surface area contributed by atoms with Crippen molar-refractivity contribution in [1.82, 2.24) is 14.8 Å². The van der Waals surface area contributed by atoms with E-state index in [1.54, 1.807) is 22.4 Å². The molecule has 23 heteroatoms. The number of likely N-dealkylation sites (tertiary alicyclic amines) is 2. The van der Waals surface area contributed by atoms with Crippen molar-refractivity contribution in [2.75, 3.05) is 40.1 Å². The Morgan fingerprint density at radius 2 is 1.52 bits per heavy atom. The summed E-state index contributed by atoms with van der Waals surface area (Å²) in [5.74, 6) is -2.39. The second kappa shape index (κ2) is 26.2. The Morgan fingerprint density at radius 3 is 2.09 bits per heavy atom. The lowest BCUT2D eigenvalue weighted by Gasteiger charge is -2.51. The zero-order valence-corrected chi connectivity index (χ0v) is 45.6. The van der Waals surface area contributed by atoms with Gasteiger partial charge in [0.25, 0.3) is 21.9 Å². The van der Waals surface area contributed by atoms with Crippen molar-refractivity contribution < 1.29 is 78.9 Å². The number of halogens is 3. The van der Waals surface area contributed by atoms with Crippen molar-refractivity contribution >= 4 is 51.2 Å². The third-order valence-electron chi connectivity index (χ3n) is 15.1. The number of carboxylic acids is 1. The number of pyridine rings is 1. The molecule has 3 aliphatic carbocycles. The molecule has 2 N–H and O–H groups in total. The first-order valence-corrected chi connectivity index (χ1v) is 28.7. The van der Waals surface area contributed by atoms with Crippen molar-refractivity contribution in [2.24, 2.45) is 17.8 Å². The smallest absolute Gasteiger partial charge is 0.418 e. The summed E-state index contributed by atoms with van der Waals surface area (Å²) in [5, 5.41) is 31.0. The molecule has 2 amide bonds. The molecule has 422 valence electrons. The van der Waals surface area contributed by atoms with Crippen LogP contribution in [0, 0.1) is 36.0 Å². The number of carbonyl (C=O) groups excluding carboxylic acids is 4. The molecule has 2 aliphatic heterocycles. The maximum absolute atomic E-state index is 15.0. The maximum Gasteiger partial charge on any atom is 0.418 e. The fourth-order valence-corrected chi connectivity index (χ4v) is 12.5. The van der Waals surface area contributed by atoms with E-state index in [2.05, 4.69) is 20.5 Å². The number of ether oxygens (including phenoxy) is 4. The van der Waals surface area contributed by atoms with Crippen LogP contribution in [0.1, 0.15) is 130 Å². The summed E-state index contributed by atoms with van der Waals surface area (Å²) in [6, 6.07) is 12.7. The van der Waals surface area contributed by atoms with Gasteiger partial charge in [-0.3, -0.25) is 33.1 Å². The van der Waals surface area contributed by atoms with Crippen LogP contribution in [0.4, 0.5) is 13.2 Å². The molecular weight excluding hydrogens is 1050 g/mol. The number of methoxy groups -OCH3 is 2. The first-order chi connectivity index (χ1) is 36.5. The van der Waals surface area contributed by atoms with E-state index in [0.29, 0.717) is 81.3 Å². The first kappa shape index (κ1) is 60.4. The molecule has 5 fully saturated rings. The van der Waals surface area contributed by atoms with Gasteiger partial charge in [-0.1, -0.05) is 31.5 Å². The van der Waals surface area contributed by atoms with Gasteiger partial charge in [0.05, 0.1) is 79.6 Å². The second-order valence-corrected chi connectivity index (χ2v) is 23.1. The number of hydrogen-bond donors (Lipinski definition) is 2. The van der Waals surface area contributed by atoms with E-state index < -0.39 is 62.4 Å². The van der Waals surface area contributed by atoms with Gasteiger partial charge >= 0.3 is 24.1 Å². The van der Waals surface area contributed by atoms with Gasteiger partial charge in [-0.05, 0) is 115 Å². The van der Waals surface area contributed by atoms with Crippen molar-refractivity contribution in [1.29, 1.82) is 5.26 Å². The summed E-state index contributed by atoms with van der Waals surface area (Å²) in [6.07, 6.45) is 3.54. The number of piperidine rings is 2. The standard InChI is InChI=1S/C39H43F3N4O6S.C8H14O5S.C7H12O3/c1-3-8-32-38(52-28-21-25(2)53-23-28,14-7-18-46(32)34(47)33-30(39(40,41)42)10-6-17-44-33)36(50)45-19-15-37(24-43,16-20-45)29-9-4-5-11-31(29)51-27-13-12-26(22-27)35(48)49;1-12-8(9)6-3-4-7(5-6)13-14(2,10)11;1-10-7(9)5-2-3-6(8)4-5/h4-6,9-11,17,21,23,26-27,32H,3,7-8,12-16,18-20,22H2,1-2H3,(H,48,49);6-7H,3-5H2,1-2H3;5-6,8H,2-4H2,1H3/t26-,27-,32+,38-;6-,7+;5-,6+/m000/s1. The summed E-state index contributed by atoms with van der Waals surface area (Å²) in [5.41, 5.74) is -3.78. The number of para-hydroxylation sites is 1. The molecular formula is C54H69F3N4O14S2. The predicted molar refractivity (Wildman–Crippen MR) is 274 cm³/mol. The normalized spacial score (nSPS) is 25.9. The number of aliphatic hydroxyl groups excluding tert-OH is 1. The van der Waals surface area contributed by atoms with Crippen LogP contribution in [0.5, 0.6) is 11.5 Å². The SMILES string of the molecule is CCC[C@H]1N(C(=O)c2ncccc2C(F)(F)F)CCC[C@@]1(Oc1csc(C)c1)C(=O)N1CCC(C#N)(c2ccccc2O[C@H]2CC[C@H](C(=O)O)C2)CC1.COC(=O)[C@H]1CC[C@@H](O)C1.COC(=O)[C@H]1CC[C@@H](OS(C)(=O)=O)C1. The largest absolute Gasteiger partial charge is 0.490 e. The highest BCUT2D eigenvalue weighted by molar-refractivity contribution is 7.86. The molecule has 8 atom stereocenters. The number of esters is 2. The second-order valence-electron chi connectivity index (χ2n) is 20.4. The third-order valence-corrected chi connectivity index (χ3v) is 16.5. The van der Waals surface area contributed by atoms with Crippen LogP contribution in [0.2, 0.25) is 0 Å². The highest BCUT2D eigenvalue weighted by Crippen LogP contribution is 2.45. The van der Waals surface area contributed by atoms with Crippen LogP contribution in [0.15, 0.2) is 54.0 Å². The molecule has 0 spiro atoms. The summed E-state index contributed by atoms with van der Waals surface area (Å²) < 4.78 is 90.7. The molecule has 1 aromatic carbocycles. The summed E-state index contributed by atoms with van der Waals surface area (Å²) in [4.78, 5) is 70.4. The van der Waals surface area contributed by atoms with E-state index >= 15 is 4.79 Å². The van der Waals surface area contributed by atoms with E-state index in [1.807, 2.05) is 32.0 Å². The molecule has 0 bridgehead atoms. The number of benzene rings is 1. The number of nitrogens with zero attached hydrogens (tertiary/aromatic N) is 4. The fraction of sp³-hybridized carbons (Fsp3) is 0.611. The van der Waals surface area contributed by atoms with Crippen LogP contribution >= 0.6 is 11.3 Å². The zero-order valence-electron chi connectivity index (χ0n) is 44.0. The number of amides is 2. The Hall–Kier alpha value is -5.83. The van der Waals surface area contributed by atoms with E-state index in [9.17, 15) is 51.1 Å². The molecule has 3 aromatic rings. The Labute approximate surface area is 451 Å². The number of rotatable bonds is 14. The molecule has 2 saturated heterocycles. The number of aliphatic carboxylic acids is 1. The minimum atomic E-state index is -4.81. The van der Waals surface area contributed by atoms with Gasteiger partial charge in [-0.2, -0.15) is 26.9 Å². The van der Waals surface area contributed by atoms with Gasteiger partial charge in [-0.15, -0.1) is 11.3 Å². The first-order valence-electron chi connectivity index (χ1n) is 26.0. The number of carboxylic acid groups (broad SMARTS) is 1. The maximum atomic E-state index is 15.0. The molecule has 2 aromatic heterocycles. The molecule has 5 aliphatic rings. The highest BCUT2D eigenvalue weighted by Gasteiger charge is 2.57. The minimum Gasteiger partial charge on any atom is -0.490 e. The Morgan fingerprint density at radius 1 is 0.883 bits per heavy atom. The fourth-order valence-electron chi connectivity index (χ4n) is 11.2. The molecule has 0 unspecified atom stereocenters. The van der Waals surface area contributed by atoms with Crippen LogP contribution in [-0.2, 0) is 54.5 Å². The molecule has 18 nitrogen and oxygen atoms in total. The van der Waals surface area contributed by atoms with Crippen LogP contribution in [0.3, 0.4) is 0 Å². The quantitative estimate of drug-likeness (QED) is 0.114. The van der Waals surface area contributed by atoms with E-state index in [-0.39, 0.29) is 86.9 Å². The van der Waals surface area contributed by atoms with Crippen LogP contribution < -0.4 is 9.47 Å². The molecule has 4 heterocycles. The average Bonchev–Trinajstić information content (AvgIpc) is 4.29. The number of thiophene rings is 1. The van der Waals surface area contributed by atoms with Gasteiger partial charge < -0.3 is 39.0 Å². The van der Waals surface area contributed by atoms with Crippen LogP contribution in [-0.4, -0.2) is 133 Å². The Balaban J connectivity index is 0.000000327. The highest BCUT2D eigenvalue weighted by atomic mass is 32.2.